The van der Waals surface area contributed by atoms with E-state index in [0.717, 1.165) is 12.6 Å². The van der Waals surface area contributed by atoms with E-state index in [1.807, 2.05) is 0 Å². The van der Waals surface area contributed by atoms with E-state index in [1.54, 1.807) is 0 Å². The summed E-state index contributed by atoms with van der Waals surface area (Å²) >= 11 is 0. The third kappa shape index (κ3) is 8.97. The summed E-state index contributed by atoms with van der Waals surface area (Å²) in [6.45, 7) is 6.71. The van der Waals surface area contributed by atoms with Gasteiger partial charge in [-0.25, -0.2) is 0 Å². The van der Waals surface area contributed by atoms with Crippen molar-refractivity contribution in [1.82, 2.24) is 5.32 Å². The second-order valence-corrected chi connectivity index (χ2v) is 6.42. The molecule has 0 bridgehead atoms. The quantitative estimate of drug-likeness (QED) is 0.505. The molecule has 1 aliphatic rings. The highest BCUT2D eigenvalue weighted by molar-refractivity contribution is 4.71. The molecule has 0 aromatic heterocycles. The lowest BCUT2D eigenvalue weighted by Gasteiger charge is -2.25. The van der Waals surface area contributed by atoms with E-state index in [4.69, 9.17) is 4.74 Å². The van der Waals surface area contributed by atoms with Gasteiger partial charge in [0.1, 0.15) is 0 Å². The van der Waals surface area contributed by atoms with Crippen LogP contribution in [0.5, 0.6) is 0 Å². The first-order chi connectivity index (χ1) is 9.86. The van der Waals surface area contributed by atoms with E-state index in [9.17, 15) is 0 Å². The van der Waals surface area contributed by atoms with Crippen LogP contribution in [-0.2, 0) is 4.74 Å². The van der Waals surface area contributed by atoms with Gasteiger partial charge in [-0.1, -0.05) is 46.0 Å². The maximum Gasteiger partial charge on any atom is 0.0575 e. The van der Waals surface area contributed by atoms with Crippen LogP contribution in [-0.4, -0.2) is 25.3 Å². The first kappa shape index (κ1) is 18.0. The van der Waals surface area contributed by atoms with Gasteiger partial charge in [-0.3, -0.25) is 0 Å². The molecule has 1 heterocycles. The predicted octanol–water partition coefficient (Wildman–Crippen LogP) is 5.06. The molecule has 1 rings (SSSR count). The highest BCUT2D eigenvalue weighted by Gasteiger charge is 2.16. The van der Waals surface area contributed by atoms with Crippen LogP contribution >= 0.6 is 0 Å². The van der Waals surface area contributed by atoms with E-state index >= 15 is 0 Å². The van der Waals surface area contributed by atoms with Crippen molar-refractivity contribution >= 4 is 0 Å². The molecule has 2 atom stereocenters. The Kier molecular flexibility index (Phi) is 11.4. The molecule has 20 heavy (non-hydrogen) atoms. The molecule has 0 aromatic rings. The second kappa shape index (κ2) is 12.6. The Morgan fingerprint density at radius 2 is 1.85 bits per heavy atom. The molecule has 0 spiro atoms. The molecule has 0 radical (unpaired) electrons. The number of nitrogens with one attached hydrogen (secondary N) is 1. The topological polar surface area (TPSA) is 21.3 Å². The van der Waals surface area contributed by atoms with Gasteiger partial charge in [0, 0.05) is 12.6 Å². The van der Waals surface area contributed by atoms with Crippen molar-refractivity contribution < 1.29 is 4.74 Å². The highest BCUT2D eigenvalue weighted by Crippen LogP contribution is 2.19. The predicted molar refractivity (Wildman–Crippen MR) is 88.3 cm³/mol. The van der Waals surface area contributed by atoms with Crippen molar-refractivity contribution in [1.29, 1.82) is 0 Å². The van der Waals surface area contributed by atoms with Crippen LogP contribution in [0.2, 0.25) is 0 Å². The number of ether oxygens (including phenoxy) is 1. The van der Waals surface area contributed by atoms with E-state index in [2.05, 4.69) is 19.2 Å². The summed E-state index contributed by atoms with van der Waals surface area (Å²) in [6, 6.07) is 0.724. The average molecular weight is 284 g/mol. The molecular formula is C18H37NO. The minimum atomic E-state index is 0.551. The number of hydrogen-bond acceptors (Lipinski definition) is 2. The van der Waals surface area contributed by atoms with E-state index < -0.39 is 0 Å². The molecule has 1 saturated heterocycles. The smallest absolute Gasteiger partial charge is 0.0575 e. The lowest BCUT2D eigenvalue weighted by Crippen LogP contribution is -2.31. The molecule has 1 N–H and O–H groups in total. The van der Waals surface area contributed by atoms with Crippen LogP contribution in [0.4, 0.5) is 0 Å². The summed E-state index contributed by atoms with van der Waals surface area (Å²) in [5, 5.41) is 3.74. The third-order valence-electron chi connectivity index (χ3n) is 4.45. The molecule has 2 nitrogen and oxygen atoms in total. The minimum absolute atomic E-state index is 0.551. The van der Waals surface area contributed by atoms with Crippen molar-refractivity contribution in [2.24, 2.45) is 0 Å². The van der Waals surface area contributed by atoms with Crippen LogP contribution in [0.1, 0.15) is 90.9 Å². The molecule has 1 fully saturated rings. The zero-order valence-electron chi connectivity index (χ0n) is 14.0. The average Bonchev–Trinajstić information content (AvgIpc) is 2.50. The Morgan fingerprint density at radius 1 is 1.00 bits per heavy atom. The van der Waals surface area contributed by atoms with Crippen LogP contribution in [0.15, 0.2) is 0 Å². The normalized spacial score (nSPS) is 21.0. The fraction of sp³-hybridized carbons (Fsp3) is 1.00. The van der Waals surface area contributed by atoms with E-state index in [-0.39, 0.29) is 0 Å². The first-order valence-corrected chi connectivity index (χ1v) is 9.21. The Balaban J connectivity index is 2.13. The molecule has 0 aliphatic carbocycles. The van der Waals surface area contributed by atoms with Gasteiger partial charge < -0.3 is 10.1 Å². The fourth-order valence-corrected chi connectivity index (χ4v) is 3.11. The molecule has 120 valence electrons. The molecule has 0 aromatic carbocycles. The summed E-state index contributed by atoms with van der Waals surface area (Å²) in [6.07, 6.45) is 16.6. The van der Waals surface area contributed by atoms with Gasteiger partial charge in [-0.05, 0) is 51.5 Å². The maximum absolute atomic E-state index is 5.86. The van der Waals surface area contributed by atoms with E-state index in [1.165, 1.54) is 83.6 Å². The lowest BCUT2D eigenvalue weighted by molar-refractivity contribution is 0.00841. The van der Waals surface area contributed by atoms with Gasteiger partial charge in [0.25, 0.3) is 0 Å². The molecule has 0 amide bonds. The summed E-state index contributed by atoms with van der Waals surface area (Å²) < 4.78 is 5.86. The van der Waals surface area contributed by atoms with Crippen molar-refractivity contribution in [3.63, 3.8) is 0 Å². The SMILES string of the molecule is CCCCCCCC(CCC1CCCCO1)NCCC. The number of hydrogen-bond donors (Lipinski definition) is 1. The number of unbranched alkanes of at least 4 members (excludes halogenated alkanes) is 4. The molecule has 0 saturated carbocycles. The van der Waals surface area contributed by atoms with Crippen molar-refractivity contribution in [2.75, 3.05) is 13.2 Å². The van der Waals surface area contributed by atoms with Crippen molar-refractivity contribution in [2.45, 2.75) is 103 Å². The maximum atomic E-state index is 5.86. The molecule has 2 unspecified atom stereocenters. The molecule has 2 heteroatoms. The van der Waals surface area contributed by atoms with Crippen molar-refractivity contribution in [3.05, 3.63) is 0 Å². The minimum Gasteiger partial charge on any atom is -0.378 e. The Labute approximate surface area is 127 Å². The van der Waals surface area contributed by atoms with Crippen LogP contribution < -0.4 is 5.32 Å². The summed E-state index contributed by atoms with van der Waals surface area (Å²) in [4.78, 5) is 0. The van der Waals surface area contributed by atoms with Crippen LogP contribution in [0.25, 0.3) is 0 Å². The molecular weight excluding hydrogens is 246 g/mol. The molecule has 1 aliphatic heterocycles. The third-order valence-corrected chi connectivity index (χ3v) is 4.45. The summed E-state index contributed by atoms with van der Waals surface area (Å²) in [7, 11) is 0. The monoisotopic (exact) mass is 283 g/mol. The van der Waals surface area contributed by atoms with Gasteiger partial charge in [-0.15, -0.1) is 0 Å². The Bertz CT molecular complexity index is 202. The van der Waals surface area contributed by atoms with Crippen LogP contribution in [0, 0.1) is 0 Å². The Hall–Kier alpha value is -0.0800. The Morgan fingerprint density at radius 3 is 2.55 bits per heavy atom. The standard InChI is InChI=1S/C18H37NO/c1-3-5-6-7-8-11-17(19-15-4-2)13-14-18-12-9-10-16-20-18/h17-19H,3-16H2,1-2H3. The summed E-state index contributed by atoms with van der Waals surface area (Å²) in [5.74, 6) is 0. The van der Waals surface area contributed by atoms with Gasteiger partial charge in [0.15, 0.2) is 0 Å². The van der Waals surface area contributed by atoms with Gasteiger partial charge >= 0.3 is 0 Å². The van der Waals surface area contributed by atoms with Crippen molar-refractivity contribution in [3.8, 4) is 0 Å². The largest absolute Gasteiger partial charge is 0.378 e. The van der Waals surface area contributed by atoms with Crippen LogP contribution in [0.3, 0.4) is 0 Å². The van der Waals surface area contributed by atoms with Gasteiger partial charge in [0.2, 0.25) is 0 Å². The van der Waals surface area contributed by atoms with E-state index in [0.29, 0.717) is 6.10 Å². The van der Waals surface area contributed by atoms with Gasteiger partial charge in [-0.2, -0.15) is 0 Å². The second-order valence-electron chi connectivity index (χ2n) is 6.42. The lowest BCUT2D eigenvalue weighted by atomic mass is 9.98. The first-order valence-electron chi connectivity index (χ1n) is 9.21. The zero-order valence-corrected chi connectivity index (χ0v) is 14.0. The van der Waals surface area contributed by atoms with Gasteiger partial charge in [0.05, 0.1) is 6.10 Å². The summed E-state index contributed by atoms with van der Waals surface area (Å²) in [5.41, 5.74) is 0. The highest BCUT2D eigenvalue weighted by atomic mass is 16.5. The number of rotatable bonds is 12. The fourth-order valence-electron chi connectivity index (χ4n) is 3.11. The zero-order chi connectivity index (χ0) is 14.5.